The highest BCUT2D eigenvalue weighted by molar-refractivity contribution is 5.79. The topological polar surface area (TPSA) is 54.9 Å². The molecule has 2 aromatic rings. The fraction of sp³-hybridized carbons (Fsp3) is 0.286. The third kappa shape index (κ3) is 6.99. The van der Waals surface area contributed by atoms with Gasteiger partial charge in [-0.3, -0.25) is 4.99 Å². The van der Waals surface area contributed by atoms with Gasteiger partial charge in [-0.15, -0.1) is 0 Å². The molecule has 0 aliphatic heterocycles. The van der Waals surface area contributed by atoms with Crippen molar-refractivity contribution in [3.63, 3.8) is 0 Å². The van der Waals surface area contributed by atoms with Crippen LogP contribution >= 0.6 is 0 Å². The second kappa shape index (κ2) is 11.7. The Morgan fingerprint density at radius 2 is 1.85 bits per heavy atom. The molecule has 2 rings (SSSR count). The van der Waals surface area contributed by atoms with Crippen LogP contribution in [-0.2, 0) is 17.9 Å². The van der Waals surface area contributed by atoms with E-state index in [9.17, 15) is 0 Å². The van der Waals surface area contributed by atoms with Crippen LogP contribution in [0, 0.1) is 0 Å². The maximum Gasteiger partial charge on any atom is 0.191 e. The molecule has 26 heavy (non-hydrogen) atoms. The molecular formula is C21H27N3O2. The minimum atomic E-state index is 0.489. The standard InChI is InChI=1S/C21H27N3O2/c1-3-14-26-20-12-8-7-11-19(20)16-24-21(22-2)23-13-15-25-17-18-9-5-4-6-10-18/h3-12H,1,13-17H2,2H3,(H2,22,23,24). The molecule has 138 valence electrons. The summed E-state index contributed by atoms with van der Waals surface area (Å²) in [5, 5.41) is 6.53. The molecular weight excluding hydrogens is 326 g/mol. The lowest BCUT2D eigenvalue weighted by atomic mass is 10.2. The van der Waals surface area contributed by atoms with Crippen molar-refractivity contribution in [2.45, 2.75) is 13.2 Å². The molecule has 0 atom stereocenters. The normalized spacial score (nSPS) is 11.0. The highest BCUT2D eigenvalue weighted by atomic mass is 16.5. The largest absolute Gasteiger partial charge is 0.489 e. The fourth-order valence-electron chi connectivity index (χ4n) is 2.34. The molecule has 0 aliphatic carbocycles. The Labute approximate surface area is 155 Å². The summed E-state index contributed by atoms with van der Waals surface area (Å²) in [7, 11) is 1.75. The van der Waals surface area contributed by atoms with Crippen LogP contribution in [0.25, 0.3) is 0 Å². The molecule has 2 aromatic carbocycles. The van der Waals surface area contributed by atoms with Crippen LogP contribution in [0.4, 0.5) is 0 Å². The molecule has 0 heterocycles. The SMILES string of the molecule is C=CCOc1ccccc1CNC(=NC)NCCOCc1ccccc1. The van der Waals surface area contributed by atoms with E-state index in [2.05, 4.69) is 34.3 Å². The predicted molar refractivity (Wildman–Crippen MR) is 106 cm³/mol. The quantitative estimate of drug-likeness (QED) is 0.298. The molecule has 0 spiro atoms. The van der Waals surface area contributed by atoms with Gasteiger partial charge in [0.15, 0.2) is 5.96 Å². The summed E-state index contributed by atoms with van der Waals surface area (Å²) in [6, 6.07) is 18.1. The zero-order valence-corrected chi connectivity index (χ0v) is 15.3. The molecule has 0 aromatic heterocycles. The molecule has 5 nitrogen and oxygen atoms in total. The van der Waals surface area contributed by atoms with Gasteiger partial charge in [0, 0.05) is 25.7 Å². The number of rotatable bonds is 10. The van der Waals surface area contributed by atoms with Crippen LogP contribution in [0.5, 0.6) is 5.75 Å². The number of hydrogen-bond acceptors (Lipinski definition) is 3. The summed E-state index contributed by atoms with van der Waals surface area (Å²) < 4.78 is 11.3. The highest BCUT2D eigenvalue weighted by Gasteiger charge is 2.04. The van der Waals surface area contributed by atoms with Gasteiger partial charge in [-0.1, -0.05) is 61.2 Å². The number of aliphatic imine (C=N–C) groups is 1. The molecule has 0 unspecified atom stereocenters. The van der Waals surface area contributed by atoms with Gasteiger partial charge < -0.3 is 20.1 Å². The predicted octanol–water partition coefficient (Wildman–Crippen LogP) is 3.13. The molecule has 5 heteroatoms. The maximum absolute atomic E-state index is 5.67. The second-order valence-corrected chi connectivity index (χ2v) is 5.60. The minimum Gasteiger partial charge on any atom is -0.489 e. The average Bonchev–Trinajstić information content (AvgIpc) is 2.70. The Morgan fingerprint density at radius 1 is 1.08 bits per heavy atom. The first-order valence-electron chi connectivity index (χ1n) is 8.71. The van der Waals surface area contributed by atoms with E-state index in [4.69, 9.17) is 9.47 Å². The second-order valence-electron chi connectivity index (χ2n) is 5.60. The first kappa shape index (κ1) is 19.5. The molecule has 0 radical (unpaired) electrons. The van der Waals surface area contributed by atoms with Gasteiger partial charge in [0.05, 0.1) is 13.2 Å². The van der Waals surface area contributed by atoms with Gasteiger partial charge in [-0.25, -0.2) is 0 Å². The summed E-state index contributed by atoms with van der Waals surface area (Å²) in [4.78, 5) is 4.23. The number of nitrogens with one attached hydrogen (secondary N) is 2. The highest BCUT2D eigenvalue weighted by Crippen LogP contribution is 2.17. The van der Waals surface area contributed by atoms with Crippen molar-refractivity contribution in [1.82, 2.24) is 10.6 Å². The van der Waals surface area contributed by atoms with E-state index in [1.165, 1.54) is 5.56 Å². The smallest absolute Gasteiger partial charge is 0.191 e. The molecule has 0 amide bonds. The van der Waals surface area contributed by atoms with Crippen LogP contribution in [-0.4, -0.2) is 32.8 Å². The summed E-state index contributed by atoms with van der Waals surface area (Å²) in [6.45, 7) is 6.69. The first-order chi connectivity index (χ1) is 12.8. The van der Waals surface area contributed by atoms with Crippen molar-refractivity contribution in [3.05, 3.63) is 78.4 Å². The van der Waals surface area contributed by atoms with E-state index in [-0.39, 0.29) is 0 Å². The lowest BCUT2D eigenvalue weighted by molar-refractivity contribution is 0.125. The maximum atomic E-state index is 5.67. The van der Waals surface area contributed by atoms with Gasteiger partial charge in [0.2, 0.25) is 0 Å². The van der Waals surface area contributed by atoms with Crippen molar-refractivity contribution < 1.29 is 9.47 Å². The van der Waals surface area contributed by atoms with Gasteiger partial charge in [0.25, 0.3) is 0 Å². The Bertz CT molecular complexity index is 687. The zero-order valence-electron chi connectivity index (χ0n) is 15.3. The summed E-state index contributed by atoms with van der Waals surface area (Å²) >= 11 is 0. The van der Waals surface area contributed by atoms with Crippen LogP contribution < -0.4 is 15.4 Å². The first-order valence-corrected chi connectivity index (χ1v) is 8.71. The number of benzene rings is 2. The van der Waals surface area contributed by atoms with E-state index < -0.39 is 0 Å². The van der Waals surface area contributed by atoms with Crippen LogP contribution in [0.3, 0.4) is 0 Å². The van der Waals surface area contributed by atoms with Gasteiger partial charge >= 0.3 is 0 Å². The van der Waals surface area contributed by atoms with Crippen molar-refractivity contribution in [3.8, 4) is 5.75 Å². The molecule has 0 saturated carbocycles. The lowest BCUT2D eigenvalue weighted by Gasteiger charge is -2.14. The number of ether oxygens (including phenoxy) is 2. The van der Waals surface area contributed by atoms with E-state index in [1.54, 1.807) is 13.1 Å². The fourth-order valence-corrected chi connectivity index (χ4v) is 2.34. The van der Waals surface area contributed by atoms with Gasteiger partial charge in [-0.2, -0.15) is 0 Å². The van der Waals surface area contributed by atoms with E-state index in [0.29, 0.717) is 32.9 Å². The number of para-hydroxylation sites is 1. The number of guanidine groups is 1. The van der Waals surface area contributed by atoms with Crippen molar-refractivity contribution >= 4 is 5.96 Å². The van der Waals surface area contributed by atoms with Crippen molar-refractivity contribution in [2.75, 3.05) is 26.8 Å². The van der Waals surface area contributed by atoms with Crippen molar-refractivity contribution in [2.24, 2.45) is 4.99 Å². The van der Waals surface area contributed by atoms with E-state index in [1.807, 2.05) is 42.5 Å². The number of nitrogens with zero attached hydrogens (tertiary/aromatic N) is 1. The Balaban J connectivity index is 1.70. The Hall–Kier alpha value is -2.79. The number of hydrogen-bond donors (Lipinski definition) is 2. The molecule has 0 saturated heterocycles. The molecule has 0 aliphatic rings. The third-order valence-corrected chi connectivity index (χ3v) is 3.65. The van der Waals surface area contributed by atoms with E-state index in [0.717, 1.165) is 17.3 Å². The molecule has 0 bridgehead atoms. The lowest BCUT2D eigenvalue weighted by Crippen LogP contribution is -2.38. The van der Waals surface area contributed by atoms with Gasteiger partial charge in [-0.05, 0) is 11.6 Å². The van der Waals surface area contributed by atoms with Crippen molar-refractivity contribution in [1.29, 1.82) is 0 Å². The van der Waals surface area contributed by atoms with E-state index >= 15 is 0 Å². The van der Waals surface area contributed by atoms with Crippen LogP contribution in [0.1, 0.15) is 11.1 Å². The summed E-state index contributed by atoms with van der Waals surface area (Å²) in [6.07, 6.45) is 1.74. The zero-order chi connectivity index (χ0) is 18.5. The molecule has 2 N–H and O–H groups in total. The summed E-state index contributed by atoms with van der Waals surface area (Å²) in [5.41, 5.74) is 2.24. The minimum absolute atomic E-state index is 0.489. The molecule has 0 fully saturated rings. The Kier molecular flexibility index (Phi) is 8.80. The third-order valence-electron chi connectivity index (χ3n) is 3.65. The van der Waals surface area contributed by atoms with Gasteiger partial charge in [0.1, 0.15) is 12.4 Å². The van der Waals surface area contributed by atoms with Crippen LogP contribution in [0.15, 0.2) is 72.2 Å². The summed E-state index contributed by atoms with van der Waals surface area (Å²) in [5.74, 6) is 1.58. The average molecular weight is 353 g/mol. The van der Waals surface area contributed by atoms with Crippen LogP contribution in [0.2, 0.25) is 0 Å². The monoisotopic (exact) mass is 353 g/mol. The Morgan fingerprint density at radius 3 is 2.62 bits per heavy atom.